The number of likely N-dealkylation sites (tertiary alicyclic amines) is 1. The van der Waals surface area contributed by atoms with Crippen LogP contribution in [0.15, 0.2) is 0 Å². The summed E-state index contributed by atoms with van der Waals surface area (Å²) in [5.74, 6) is 0. The Labute approximate surface area is 112 Å². The number of methoxy groups -OCH3 is 1. The molecule has 0 spiro atoms. The first-order valence-electron chi connectivity index (χ1n) is 7.88. The van der Waals surface area contributed by atoms with Gasteiger partial charge in [-0.3, -0.25) is 0 Å². The van der Waals surface area contributed by atoms with Gasteiger partial charge < -0.3 is 15.0 Å². The summed E-state index contributed by atoms with van der Waals surface area (Å²) in [6.07, 6.45) is 11.3. The molecule has 0 aromatic rings. The van der Waals surface area contributed by atoms with Crippen LogP contribution in [0.3, 0.4) is 0 Å². The number of ether oxygens (including phenoxy) is 1. The summed E-state index contributed by atoms with van der Waals surface area (Å²) >= 11 is 0. The molecule has 2 fully saturated rings. The average molecular weight is 254 g/mol. The lowest BCUT2D eigenvalue weighted by molar-refractivity contribution is 0.0411. The highest BCUT2D eigenvalue weighted by atomic mass is 16.5. The molecule has 1 saturated carbocycles. The highest BCUT2D eigenvalue weighted by Crippen LogP contribution is 2.20. The van der Waals surface area contributed by atoms with Crippen molar-refractivity contribution < 1.29 is 4.74 Å². The van der Waals surface area contributed by atoms with Crippen molar-refractivity contribution in [3.63, 3.8) is 0 Å². The van der Waals surface area contributed by atoms with Crippen LogP contribution in [0.4, 0.5) is 0 Å². The maximum atomic E-state index is 5.59. The van der Waals surface area contributed by atoms with Crippen LogP contribution in [0.1, 0.15) is 51.4 Å². The van der Waals surface area contributed by atoms with E-state index in [9.17, 15) is 0 Å². The number of hydrogen-bond acceptors (Lipinski definition) is 3. The molecule has 0 aromatic carbocycles. The lowest BCUT2D eigenvalue weighted by atomic mass is 9.92. The Hall–Kier alpha value is -0.120. The summed E-state index contributed by atoms with van der Waals surface area (Å²) in [5.41, 5.74) is 0. The zero-order valence-electron chi connectivity index (χ0n) is 12.0. The summed E-state index contributed by atoms with van der Waals surface area (Å²) in [6.45, 7) is 4.96. The molecular weight excluding hydrogens is 224 g/mol. The quantitative estimate of drug-likeness (QED) is 0.815. The van der Waals surface area contributed by atoms with E-state index in [1.54, 1.807) is 0 Å². The third-order valence-electron chi connectivity index (χ3n) is 4.54. The van der Waals surface area contributed by atoms with Crippen molar-refractivity contribution in [2.45, 2.75) is 63.5 Å². The van der Waals surface area contributed by atoms with Crippen molar-refractivity contribution in [1.29, 1.82) is 0 Å². The Morgan fingerprint density at radius 2 is 1.72 bits per heavy atom. The van der Waals surface area contributed by atoms with Crippen molar-refractivity contribution in [2.24, 2.45) is 0 Å². The standard InChI is InChI=1S/C15H30N2O/c1-18-15-9-5-4-8-14(15)16-10-13-17-11-6-2-3-7-12-17/h14-16H,2-13H2,1H3. The van der Waals surface area contributed by atoms with Gasteiger partial charge in [0.05, 0.1) is 6.10 Å². The predicted octanol–water partition coefficient (Wildman–Crippen LogP) is 2.41. The van der Waals surface area contributed by atoms with Gasteiger partial charge in [0.25, 0.3) is 0 Å². The van der Waals surface area contributed by atoms with Gasteiger partial charge in [0.15, 0.2) is 0 Å². The van der Waals surface area contributed by atoms with E-state index in [4.69, 9.17) is 4.74 Å². The fourth-order valence-electron chi connectivity index (χ4n) is 3.38. The maximum Gasteiger partial charge on any atom is 0.0724 e. The smallest absolute Gasteiger partial charge is 0.0724 e. The zero-order chi connectivity index (χ0) is 12.6. The first-order valence-corrected chi connectivity index (χ1v) is 7.88. The highest BCUT2D eigenvalue weighted by molar-refractivity contribution is 4.81. The van der Waals surface area contributed by atoms with Gasteiger partial charge in [-0.25, -0.2) is 0 Å². The van der Waals surface area contributed by atoms with Gasteiger partial charge in [-0.15, -0.1) is 0 Å². The first kappa shape index (κ1) is 14.3. The summed E-state index contributed by atoms with van der Waals surface area (Å²) < 4.78 is 5.59. The second kappa shape index (κ2) is 8.13. The van der Waals surface area contributed by atoms with Gasteiger partial charge in [-0.1, -0.05) is 25.7 Å². The molecule has 2 unspecified atom stereocenters. The molecule has 2 rings (SSSR count). The molecule has 0 aromatic heterocycles. The van der Waals surface area contributed by atoms with Crippen LogP contribution in [0.5, 0.6) is 0 Å². The summed E-state index contributed by atoms with van der Waals surface area (Å²) in [5, 5.41) is 3.72. The molecule has 0 bridgehead atoms. The van der Waals surface area contributed by atoms with E-state index < -0.39 is 0 Å². The van der Waals surface area contributed by atoms with Crippen LogP contribution in [-0.2, 0) is 4.74 Å². The molecule has 18 heavy (non-hydrogen) atoms. The molecule has 0 radical (unpaired) electrons. The Kier molecular flexibility index (Phi) is 6.46. The van der Waals surface area contributed by atoms with E-state index >= 15 is 0 Å². The number of hydrogen-bond donors (Lipinski definition) is 1. The average Bonchev–Trinajstić information content (AvgIpc) is 2.68. The summed E-state index contributed by atoms with van der Waals surface area (Å²) in [7, 11) is 1.86. The van der Waals surface area contributed by atoms with Crippen molar-refractivity contribution in [3.05, 3.63) is 0 Å². The summed E-state index contributed by atoms with van der Waals surface area (Å²) in [4.78, 5) is 2.63. The third kappa shape index (κ3) is 4.52. The normalized spacial score (nSPS) is 31.2. The molecule has 1 heterocycles. The minimum Gasteiger partial charge on any atom is -0.380 e. The van der Waals surface area contributed by atoms with Gasteiger partial charge in [-0.2, -0.15) is 0 Å². The topological polar surface area (TPSA) is 24.5 Å². The van der Waals surface area contributed by atoms with E-state index in [0.717, 1.165) is 6.54 Å². The molecule has 106 valence electrons. The van der Waals surface area contributed by atoms with E-state index in [-0.39, 0.29) is 0 Å². The van der Waals surface area contributed by atoms with Crippen molar-refractivity contribution in [2.75, 3.05) is 33.3 Å². The van der Waals surface area contributed by atoms with Crippen molar-refractivity contribution in [3.8, 4) is 0 Å². The van der Waals surface area contributed by atoms with Crippen LogP contribution in [0.25, 0.3) is 0 Å². The van der Waals surface area contributed by atoms with Crippen LogP contribution in [0, 0.1) is 0 Å². The fraction of sp³-hybridized carbons (Fsp3) is 1.00. The maximum absolute atomic E-state index is 5.59. The predicted molar refractivity (Wildman–Crippen MR) is 76.0 cm³/mol. The largest absolute Gasteiger partial charge is 0.380 e. The minimum absolute atomic E-state index is 0.447. The molecule has 1 aliphatic carbocycles. The van der Waals surface area contributed by atoms with E-state index in [0.29, 0.717) is 12.1 Å². The Morgan fingerprint density at radius 1 is 1.00 bits per heavy atom. The number of rotatable bonds is 5. The van der Waals surface area contributed by atoms with Crippen molar-refractivity contribution >= 4 is 0 Å². The zero-order valence-corrected chi connectivity index (χ0v) is 12.0. The third-order valence-corrected chi connectivity index (χ3v) is 4.54. The Morgan fingerprint density at radius 3 is 2.44 bits per heavy atom. The fourth-order valence-corrected chi connectivity index (χ4v) is 3.38. The van der Waals surface area contributed by atoms with E-state index in [1.807, 2.05) is 7.11 Å². The highest BCUT2D eigenvalue weighted by Gasteiger charge is 2.24. The summed E-state index contributed by atoms with van der Waals surface area (Å²) in [6, 6.07) is 0.593. The monoisotopic (exact) mass is 254 g/mol. The van der Waals surface area contributed by atoms with E-state index in [2.05, 4.69) is 10.2 Å². The minimum atomic E-state index is 0.447. The van der Waals surface area contributed by atoms with Crippen molar-refractivity contribution in [1.82, 2.24) is 10.2 Å². The first-order chi connectivity index (χ1) is 8.90. The van der Waals surface area contributed by atoms with Gasteiger partial charge in [0.2, 0.25) is 0 Å². The van der Waals surface area contributed by atoms with Crippen LogP contribution in [0.2, 0.25) is 0 Å². The molecule has 2 atom stereocenters. The van der Waals surface area contributed by atoms with E-state index in [1.165, 1.54) is 71.0 Å². The van der Waals surface area contributed by atoms with Gasteiger partial charge in [-0.05, 0) is 38.8 Å². The second-order valence-electron chi connectivity index (χ2n) is 5.88. The molecule has 3 nitrogen and oxygen atoms in total. The molecule has 1 aliphatic heterocycles. The molecule has 2 aliphatic rings. The lowest BCUT2D eigenvalue weighted by Gasteiger charge is -2.32. The van der Waals surface area contributed by atoms with Crippen LogP contribution < -0.4 is 5.32 Å². The van der Waals surface area contributed by atoms with Crippen LogP contribution >= 0.6 is 0 Å². The number of nitrogens with one attached hydrogen (secondary N) is 1. The molecule has 1 N–H and O–H groups in total. The molecule has 0 amide bonds. The molecule has 3 heteroatoms. The van der Waals surface area contributed by atoms with Crippen LogP contribution in [-0.4, -0.2) is 50.3 Å². The van der Waals surface area contributed by atoms with Gasteiger partial charge in [0, 0.05) is 26.2 Å². The lowest BCUT2D eigenvalue weighted by Crippen LogP contribution is -2.46. The Bertz CT molecular complexity index is 215. The Balaban J connectivity index is 1.63. The number of nitrogens with zero attached hydrogens (tertiary/aromatic N) is 1. The molecular formula is C15H30N2O. The SMILES string of the molecule is COC1CCCCC1NCCN1CCCCCC1. The molecule has 1 saturated heterocycles. The second-order valence-corrected chi connectivity index (χ2v) is 5.88. The van der Waals surface area contributed by atoms with Gasteiger partial charge in [0.1, 0.15) is 0 Å². The van der Waals surface area contributed by atoms with Gasteiger partial charge >= 0.3 is 0 Å².